The Hall–Kier alpha value is -2.41. The molecule has 1 atom stereocenters. The molecule has 1 aromatic carbocycles. The Bertz CT molecular complexity index is 1150. The molecule has 2 aromatic rings. The van der Waals surface area contributed by atoms with Gasteiger partial charge in [-0.15, -0.1) is 0 Å². The summed E-state index contributed by atoms with van der Waals surface area (Å²) in [5.74, 6) is 0.00265. The van der Waals surface area contributed by atoms with Crippen LogP contribution in [-0.4, -0.2) is 20.4 Å². The fourth-order valence-electron chi connectivity index (χ4n) is 4.69. The van der Waals surface area contributed by atoms with Gasteiger partial charge in [-0.3, -0.25) is 9.79 Å². The van der Waals surface area contributed by atoms with Crippen molar-refractivity contribution < 1.29 is 17.0 Å². The van der Waals surface area contributed by atoms with Crippen molar-refractivity contribution in [3.05, 3.63) is 57.1 Å². The highest BCUT2D eigenvalue weighted by atomic mass is 32.2. The minimum absolute atomic E-state index is 0.248. The van der Waals surface area contributed by atoms with E-state index >= 15 is 0 Å². The normalized spacial score (nSPS) is 21.0. The van der Waals surface area contributed by atoms with Crippen molar-refractivity contribution in [1.29, 1.82) is 0 Å². The molecule has 1 aliphatic carbocycles. The first kappa shape index (κ1) is 18.9. The molecule has 2 aliphatic rings. The molecule has 7 heteroatoms. The minimum Gasteiger partial charge on any atom is -0.465 e. The van der Waals surface area contributed by atoms with Crippen LogP contribution >= 0.6 is 0 Å². The molecule has 0 spiro atoms. The summed E-state index contributed by atoms with van der Waals surface area (Å²) in [5.41, 5.74) is 4.62. The standard InChI is InChI=1S/C21H23NO5S/c1-13-10-14(2)19-15(11-13)22-18-6-4-5-8-21(18,19)12-17-20(27-28(3,24)25)16(23)7-9-26-17/h7,9-11H,4-6,8,12H2,1-3H3. The molecule has 6 nitrogen and oxygen atoms in total. The number of fused-ring (bicyclic) bond motifs is 3. The van der Waals surface area contributed by atoms with Gasteiger partial charge in [0.2, 0.25) is 11.2 Å². The van der Waals surface area contributed by atoms with Gasteiger partial charge in [0.15, 0.2) is 5.76 Å². The van der Waals surface area contributed by atoms with Crippen molar-refractivity contribution in [1.82, 2.24) is 0 Å². The molecule has 0 amide bonds. The average Bonchev–Trinajstić information content (AvgIpc) is 2.90. The highest BCUT2D eigenvalue weighted by Crippen LogP contribution is 2.51. The summed E-state index contributed by atoms with van der Waals surface area (Å²) in [6.07, 6.45) is 6.42. The summed E-state index contributed by atoms with van der Waals surface area (Å²) in [4.78, 5) is 17.3. The van der Waals surface area contributed by atoms with E-state index in [0.717, 1.165) is 60.0 Å². The maximum Gasteiger partial charge on any atom is 0.306 e. The van der Waals surface area contributed by atoms with E-state index in [1.807, 2.05) is 0 Å². The molecule has 1 saturated carbocycles. The van der Waals surface area contributed by atoms with Gasteiger partial charge in [0.1, 0.15) is 0 Å². The number of aryl methyl sites for hydroxylation is 2. The van der Waals surface area contributed by atoms with Crippen LogP contribution in [0.4, 0.5) is 5.69 Å². The zero-order valence-electron chi connectivity index (χ0n) is 16.2. The number of hydrogen-bond acceptors (Lipinski definition) is 6. The van der Waals surface area contributed by atoms with E-state index in [2.05, 4.69) is 26.0 Å². The highest BCUT2D eigenvalue weighted by Gasteiger charge is 2.47. The molecule has 1 aliphatic heterocycles. The van der Waals surface area contributed by atoms with Crippen LogP contribution in [0, 0.1) is 13.8 Å². The smallest absolute Gasteiger partial charge is 0.306 e. The number of nitrogens with zero attached hydrogens (tertiary/aromatic N) is 1. The van der Waals surface area contributed by atoms with Crippen LogP contribution in [0.3, 0.4) is 0 Å². The van der Waals surface area contributed by atoms with E-state index in [1.54, 1.807) is 0 Å². The van der Waals surface area contributed by atoms with E-state index in [4.69, 9.17) is 13.6 Å². The first-order valence-electron chi connectivity index (χ1n) is 9.39. The largest absolute Gasteiger partial charge is 0.465 e. The average molecular weight is 401 g/mol. The summed E-state index contributed by atoms with van der Waals surface area (Å²) in [5, 5.41) is 0. The summed E-state index contributed by atoms with van der Waals surface area (Å²) in [6, 6.07) is 5.40. The molecule has 0 radical (unpaired) electrons. The molecule has 0 bridgehead atoms. The fourth-order valence-corrected chi connectivity index (χ4v) is 5.17. The van der Waals surface area contributed by atoms with Gasteiger partial charge in [-0.2, -0.15) is 8.42 Å². The van der Waals surface area contributed by atoms with Crippen molar-refractivity contribution >= 4 is 21.5 Å². The Kier molecular flexibility index (Phi) is 4.45. The van der Waals surface area contributed by atoms with Crippen LogP contribution in [-0.2, 0) is 22.0 Å². The Balaban J connectivity index is 1.88. The number of benzene rings is 1. The molecule has 1 aromatic heterocycles. The van der Waals surface area contributed by atoms with E-state index in [9.17, 15) is 13.2 Å². The van der Waals surface area contributed by atoms with Crippen LogP contribution in [0.1, 0.15) is 48.1 Å². The second kappa shape index (κ2) is 6.58. The van der Waals surface area contributed by atoms with Crippen molar-refractivity contribution in [2.24, 2.45) is 4.99 Å². The lowest BCUT2D eigenvalue weighted by molar-refractivity contribution is 0.379. The van der Waals surface area contributed by atoms with Crippen LogP contribution in [0.5, 0.6) is 5.75 Å². The first-order valence-corrected chi connectivity index (χ1v) is 11.2. The Morgan fingerprint density at radius 2 is 2.04 bits per heavy atom. The van der Waals surface area contributed by atoms with E-state index in [0.29, 0.717) is 6.42 Å². The molecular formula is C21H23NO5S. The third-order valence-corrected chi connectivity index (χ3v) is 6.09. The fraction of sp³-hybridized carbons (Fsp3) is 0.429. The molecule has 148 valence electrons. The number of aliphatic imine (C=N–C) groups is 1. The van der Waals surface area contributed by atoms with E-state index in [-0.39, 0.29) is 11.5 Å². The van der Waals surface area contributed by atoms with Crippen molar-refractivity contribution in [2.45, 2.75) is 51.4 Å². The van der Waals surface area contributed by atoms with E-state index < -0.39 is 21.0 Å². The topological polar surface area (TPSA) is 85.9 Å². The van der Waals surface area contributed by atoms with Crippen LogP contribution in [0.2, 0.25) is 0 Å². The van der Waals surface area contributed by atoms with Gasteiger partial charge < -0.3 is 8.60 Å². The summed E-state index contributed by atoms with van der Waals surface area (Å²) < 4.78 is 34.0. The van der Waals surface area contributed by atoms with Crippen LogP contribution in [0.15, 0.2) is 38.7 Å². The summed E-state index contributed by atoms with van der Waals surface area (Å²) in [6.45, 7) is 4.13. The van der Waals surface area contributed by atoms with Gasteiger partial charge in [-0.25, -0.2) is 0 Å². The molecular weight excluding hydrogens is 378 g/mol. The van der Waals surface area contributed by atoms with Crippen molar-refractivity contribution in [2.75, 3.05) is 6.26 Å². The van der Waals surface area contributed by atoms with Gasteiger partial charge in [0.05, 0.1) is 18.2 Å². The highest BCUT2D eigenvalue weighted by molar-refractivity contribution is 7.86. The Morgan fingerprint density at radius 3 is 2.79 bits per heavy atom. The minimum atomic E-state index is -3.85. The molecule has 1 fully saturated rings. The zero-order chi connectivity index (χ0) is 20.1. The van der Waals surface area contributed by atoms with Crippen molar-refractivity contribution in [3.63, 3.8) is 0 Å². The molecule has 0 N–H and O–H groups in total. The Morgan fingerprint density at radius 1 is 1.25 bits per heavy atom. The predicted octanol–water partition coefficient (Wildman–Crippen LogP) is 3.74. The number of hydrogen-bond donors (Lipinski definition) is 0. The molecule has 28 heavy (non-hydrogen) atoms. The van der Waals surface area contributed by atoms with Gasteiger partial charge in [0, 0.05) is 23.6 Å². The molecule has 0 saturated heterocycles. The zero-order valence-corrected chi connectivity index (χ0v) is 17.1. The van der Waals surface area contributed by atoms with Crippen LogP contribution < -0.4 is 9.61 Å². The third kappa shape index (κ3) is 3.17. The van der Waals surface area contributed by atoms with Gasteiger partial charge in [-0.1, -0.05) is 12.5 Å². The quantitative estimate of drug-likeness (QED) is 0.729. The van der Waals surface area contributed by atoms with Gasteiger partial charge >= 0.3 is 10.1 Å². The second-order valence-corrected chi connectivity index (χ2v) is 9.40. The lowest BCUT2D eigenvalue weighted by Gasteiger charge is -2.36. The summed E-state index contributed by atoms with van der Waals surface area (Å²) >= 11 is 0. The predicted molar refractivity (Wildman–Crippen MR) is 107 cm³/mol. The maximum absolute atomic E-state index is 12.3. The second-order valence-electron chi connectivity index (χ2n) is 7.83. The molecule has 1 unspecified atom stereocenters. The van der Waals surface area contributed by atoms with E-state index in [1.165, 1.54) is 12.3 Å². The SMILES string of the molecule is Cc1cc(C)c2c(c1)N=C1CCCCC12Cc1occc(=O)c1OS(C)(=O)=O. The molecule has 2 heterocycles. The van der Waals surface area contributed by atoms with Gasteiger partial charge in [-0.05, 0) is 55.9 Å². The van der Waals surface area contributed by atoms with Crippen LogP contribution in [0.25, 0.3) is 0 Å². The maximum atomic E-state index is 12.3. The first-order chi connectivity index (χ1) is 13.2. The Labute approximate surface area is 164 Å². The van der Waals surface area contributed by atoms with Gasteiger partial charge in [0.25, 0.3) is 0 Å². The van der Waals surface area contributed by atoms with Crippen molar-refractivity contribution in [3.8, 4) is 5.75 Å². The lowest BCUT2D eigenvalue weighted by atomic mass is 9.65. The third-order valence-electron chi connectivity index (χ3n) is 5.62. The molecule has 4 rings (SSSR count). The number of rotatable bonds is 4. The lowest BCUT2D eigenvalue weighted by Crippen LogP contribution is -2.39. The summed E-state index contributed by atoms with van der Waals surface area (Å²) in [7, 11) is -3.85. The monoisotopic (exact) mass is 401 g/mol.